The highest BCUT2D eigenvalue weighted by molar-refractivity contribution is 5.20. The summed E-state index contributed by atoms with van der Waals surface area (Å²) < 4.78 is 0. The van der Waals surface area contributed by atoms with Crippen molar-refractivity contribution in [3.8, 4) is 0 Å². The number of benzene rings is 1. The van der Waals surface area contributed by atoms with Gasteiger partial charge in [0, 0.05) is 19.0 Å². The van der Waals surface area contributed by atoms with Crippen molar-refractivity contribution in [3.63, 3.8) is 0 Å². The number of likely N-dealkylation sites (tertiary alicyclic amines) is 1. The van der Waals surface area contributed by atoms with E-state index >= 15 is 0 Å². The van der Waals surface area contributed by atoms with E-state index in [0.717, 1.165) is 19.0 Å². The molecule has 2 nitrogen and oxygen atoms in total. The average molecular weight is 274 g/mol. The zero-order valence-corrected chi connectivity index (χ0v) is 12.9. The summed E-state index contributed by atoms with van der Waals surface area (Å²) in [7, 11) is 0. The van der Waals surface area contributed by atoms with E-state index in [9.17, 15) is 0 Å². The molecule has 0 spiro atoms. The third-order valence-corrected chi connectivity index (χ3v) is 4.67. The van der Waals surface area contributed by atoms with Crippen molar-refractivity contribution in [1.82, 2.24) is 4.90 Å². The SMILES string of the molecule is CCCC1CCCN(CC(CN)c2ccccc2)CC1. The lowest BCUT2D eigenvalue weighted by atomic mass is 9.96. The van der Waals surface area contributed by atoms with Gasteiger partial charge in [-0.25, -0.2) is 0 Å². The molecule has 1 aliphatic heterocycles. The number of nitrogens with two attached hydrogens (primary N) is 1. The summed E-state index contributed by atoms with van der Waals surface area (Å²) in [5, 5.41) is 0. The number of rotatable bonds is 6. The summed E-state index contributed by atoms with van der Waals surface area (Å²) in [6.07, 6.45) is 6.90. The number of hydrogen-bond donors (Lipinski definition) is 1. The summed E-state index contributed by atoms with van der Waals surface area (Å²) in [6, 6.07) is 10.8. The molecule has 0 aromatic heterocycles. The monoisotopic (exact) mass is 274 g/mol. The number of nitrogens with zero attached hydrogens (tertiary/aromatic N) is 1. The van der Waals surface area contributed by atoms with E-state index in [0.29, 0.717) is 5.92 Å². The Labute approximate surface area is 124 Å². The van der Waals surface area contributed by atoms with Gasteiger partial charge < -0.3 is 10.6 Å². The third-order valence-electron chi connectivity index (χ3n) is 4.67. The van der Waals surface area contributed by atoms with Gasteiger partial charge in [0.1, 0.15) is 0 Å². The van der Waals surface area contributed by atoms with E-state index in [1.807, 2.05) is 0 Å². The highest BCUT2D eigenvalue weighted by Gasteiger charge is 2.19. The normalized spacial score (nSPS) is 22.4. The molecule has 0 radical (unpaired) electrons. The summed E-state index contributed by atoms with van der Waals surface area (Å²) in [4.78, 5) is 2.64. The van der Waals surface area contributed by atoms with E-state index in [4.69, 9.17) is 5.73 Å². The minimum Gasteiger partial charge on any atom is -0.330 e. The molecule has 0 bridgehead atoms. The fraction of sp³-hybridized carbons (Fsp3) is 0.667. The van der Waals surface area contributed by atoms with Crippen LogP contribution >= 0.6 is 0 Å². The molecule has 1 saturated heterocycles. The minimum atomic E-state index is 0.485. The van der Waals surface area contributed by atoms with Crippen LogP contribution in [0.25, 0.3) is 0 Å². The van der Waals surface area contributed by atoms with Gasteiger partial charge in [-0.3, -0.25) is 0 Å². The van der Waals surface area contributed by atoms with Crippen molar-refractivity contribution in [1.29, 1.82) is 0 Å². The van der Waals surface area contributed by atoms with Crippen molar-refractivity contribution in [2.45, 2.75) is 44.9 Å². The first-order valence-corrected chi connectivity index (χ1v) is 8.30. The van der Waals surface area contributed by atoms with Crippen LogP contribution in [0.5, 0.6) is 0 Å². The van der Waals surface area contributed by atoms with E-state index < -0.39 is 0 Å². The van der Waals surface area contributed by atoms with E-state index in [1.165, 1.54) is 50.8 Å². The molecule has 2 rings (SSSR count). The van der Waals surface area contributed by atoms with Crippen LogP contribution < -0.4 is 5.73 Å². The van der Waals surface area contributed by atoms with Crippen LogP contribution in [0.4, 0.5) is 0 Å². The van der Waals surface area contributed by atoms with Crippen LogP contribution in [0.15, 0.2) is 30.3 Å². The molecule has 0 saturated carbocycles. The standard InChI is InChI=1S/C18H30N2/c1-2-7-16-8-6-12-20(13-11-16)15-18(14-19)17-9-4-3-5-10-17/h3-5,9-10,16,18H,2,6-8,11-15,19H2,1H3. The average Bonchev–Trinajstić information content (AvgIpc) is 2.71. The maximum Gasteiger partial charge on any atom is 0.00888 e. The second-order valence-electron chi connectivity index (χ2n) is 6.23. The lowest BCUT2D eigenvalue weighted by Crippen LogP contribution is -2.32. The Morgan fingerprint density at radius 3 is 2.70 bits per heavy atom. The third kappa shape index (κ3) is 4.60. The summed E-state index contributed by atoms with van der Waals surface area (Å²) in [5.41, 5.74) is 7.40. The van der Waals surface area contributed by atoms with Crippen molar-refractivity contribution in [2.24, 2.45) is 11.7 Å². The molecule has 1 aliphatic rings. The molecule has 1 heterocycles. The van der Waals surface area contributed by atoms with Crippen LogP contribution in [0.2, 0.25) is 0 Å². The molecule has 1 aromatic rings. The molecule has 2 heteroatoms. The van der Waals surface area contributed by atoms with Crippen LogP contribution in [0.3, 0.4) is 0 Å². The largest absolute Gasteiger partial charge is 0.330 e. The predicted molar refractivity (Wildman–Crippen MR) is 86.9 cm³/mol. The Bertz CT molecular complexity index is 363. The highest BCUT2D eigenvalue weighted by Crippen LogP contribution is 2.24. The fourth-order valence-corrected chi connectivity index (χ4v) is 3.46. The van der Waals surface area contributed by atoms with Crippen LogP contribution in [0.1, 0.15) is 50.5 Å². The van der Waals surface area contributed by atoms with Gasteiger partial charge in [-0.15, -0.1) is 0 Å². The Hall–Kier alpha value is -0.860. The van der Waals surface area contributed by atoms with Gasteiger partial charge in [-0.2, -0.15) is 0 Å². The molecular weight excluding hydrogens is 244 g/mol. The molecule has 0 aliphatic carbocycles. The van der Waals surface area contributed by atoms with Gasteiger partial charge >= 0.3 is 0 Å². The van der Waals surface area contributed by atoms with Gasteiger partial charge in [-0.1, -0.05) is 50.1 Å². The highest BCUT2D eigenvalue weighted by atomic mass is 15.1. The summed E-state index contributed by atoms with van der Waals surface area (Å²) >= 11 is 0. The molecule has 2 atom stereocenters. The first kappa shape index (κ1) is 15.5. The Morgan fingerprint density at radius 2 is 2.00 bits per heavy atom. The molecule has 112 valence electrons. The quantitative estimate of drug-likeness (QED) is 0.858. The van der Waals surface area contributed by atoms with E-state index in [1.54, 1.807) is 0 Å². The maximum absolute atomic E-state index is 6.01. The fourth-order valence-electron chi connectivity index (χ4n) is 3.46. The van der Waals surface area contributed by atoms with E-state index in [-0.39, 0.29) is 0 Å². The minimum absolute atomic E-state index is 0.485. The zero-order valence-electron chi connectivity index (χ0n) is 12.9. The molecular formula is C18H30N2. The Morgan fingerprint density at radius 1 is 1.20 bits per heavy atom. The molecule has 2 N–H and O–H groups in total. The van der Waals surface area contributed by atoms with Gasteiger partial charge in [0.05, 0.1) is 0 Å². The second kappa shape index (κ2) is 8.43. The first-order chi connectivity index (χ1) is 9.83. The predicted octanol–water partition coefficient (Wildman–Crippen LogP) is 3.63. The van der Waals surface area contributed by atoms with Crippen LogP contribution in [-0.4, -0.2) is 31.1 Å². The lowest BCUT2D eigenvalue weighted by molar-refractivity contribution is 0.262. The smallest absolute Gasteiger partial charge is 0.00888 e. The summed E-state index contributed by atoms with van der Waals surface area (Å²) in [5.74, 6) is 1.44. The second-order valence-corrected chi connectivity index (χ2v) is 6.23. The molecule has 20 heavy (non-hydrogen) atoms. The van der Waals surface area contributed by atoms with Gasteiger partial charge in [0.15, 0.2) is 0 Å². The first-order valence-electron chi connectivity index (χ1n) is 8.30. The van der Waals surface area contributed by atoms with Crippen molar-refractivity contribution in [3.05, 3.63) is 35.9 Å². The molecule has 1 aromatic carbocycles. The van der Waals surface area contributed by atoms with Crippen molar-refractivity contribution in [2.75, 3.05) is 26.2 Å². The maximum atomic E-state index is 6.01. The van der Waals surface area contributed by atoms with Crippen LogP contribution in [-0.2, 0) is 0 Å². The van der Waals surface area contributed by atoms with Gasteiger partial charge in [-0.05, 0) is 43.8 Å². The lowest BCUT2D eigenvalue weighted by Gasteiger charge is -2.26. The van der Waals surface area contributed by atoms with Crippen LogP contribution in [0, 0.1) is 5.92 Å². The van der Waals surface area contributed by atoms with E-state index in [2.05, 4.69) is 42.2 Å². The topological polar surface area (TPSA) is 29.3 Å². The van der Waals surface area contributed by atoms with Gasteiger partial charge in [0.2, 0.25) is 0 Å². The molecule has 1 fully saturated rings. The Balaban J connectivity index is 1.88. The molecule has 2 unspecified atom stereocenters. The van der Waals surface area contributed by atoms with Crippen molar-refractivity contribution < 1.29 is 0 Å². The van der Waals surface area contributed by atoms with Crippen molar-refractivity contribution >= 4 is 0 Å². The summed E-state index contributed by atoms with van der Waals surface area (Å²) in [6.45, 7) is 6.69. The Kier molecular flexibility index (Phi) is 6.55. The zero-order chi connectivity index (χ0) is 14.2. The number of hydrogen-bond acceptors (Lipinski definition) is 2. The van der Waals surface area contributed by atoms with Gasteiger partial charge in [0.25, 0.3) is 0 Å². The molecule has 0 amide bonds.